The van der Waals surface area contributed by atoms with Crippen molar-refractivity contribution in [3.63, 3.8) is 0 Å². The predicted octanol–water partition coefficient (Wildman–Crippen LogP) is 1.51. The molecule has 5 nitrogen and oxygen atoms in total. The highest BCUT2D eigenvalue weighted by Gasteiger charge is 2.19. The number of nitrogens with one attached hydrogen (secondary N) is 1. The van der Waals surface area contributed by atoms with Crippen molar-refractivity contribution in [3.8, 4) is 0 Å². The number of aromatic nitrogens is 1. The Balaban J connectivity index is 1.71. The van der Waals surface area contributed by atoms with Crippen LogP contribution >= 0.6 is 0 Å². The Bertz CT molecular complexity index is 447. The summed E-state index contributed by atoms with van der Waals surface area (Å²) in [6.07, 6.45) is 2.40. The van der Waals surface area contributed by atoms with E-state index in [1.165, 1.54) is 0 Å². The van der Waals surface area contributed by atoms with Crippen molar-refractivity contribution in [2.75, 3.05) is 37.6 Å². The van der Waals surface area contributed by atoms with Gasteiger partial charge in [0.25, 0.3) is 0 Å². The second-order valence-corrected chi connectivity index (χ2v) is 6.56. The number of pyridine rings is 1. The average Bonchev–Trinajstić information content (AvgIpc) is 2.45. The Morgan fingerprint density at radius 1 is 1.24 bits per heavy atom. The van der Waals surface area contributed by atoms with E-state index in [-0.39, 0.29) is 11.4 Å². The molecular formula is C16H26N4O. The van der Waals surface area contributed by atoms with Crippen LogP contribution in [0.1, 0.15) is 27.2 Å². The Hall–Kier alpha value is -1.62. The Morgan fingerprint density at radius 2 is 1.95 bits per heavy atom. The van der Waals surface area contributed by atoms with Gasteiger partial charge in [-0.1, -0.05) is 6.07 Å². The molecule has 0 saturated carbocycles. The van der Waals surface area contributed by atoms with Gasteiger partial charge in [-0.2, -0.15) is 0 Å². The Labute approximate surface area is 127 Å². The highest BCUT2D eigenvalue weighted by atomic mass is 16.1. The molecule has 1 aliphatic heterocycles. The summed E-state index contributed by atoms with van der Waals surface area (Å²) in [6.45, 7) is 10.8. The third-order valence-electron chi connectivity index (χ3n) is 3.52. The van der Waals surface area contributed by atoms with Gasteiger partial charge in [-0.15, -0.1) is 0 Å². The first kappa shape index (κ1) is 15.8. The van der Waals surface area contributed by atoms with Crippen LogP contribution in [0, 0.1) is 0 Å². The van der Waals surface area contributed by atoms with E-state index in [9.17, 15) is 4.79 Å². The van der Waals surface area contributed by atoms with Crippen LogP contribution in [0.15, 0.2) is 24.4 Å². The highest BCUT2D eigenvalue weighted by molar-refractivity contribution is 5.76. The third kappa shape index (κ3) is 5.34. The van der Waals surface area contributed by atoms with E-state index in [1.54, 1.807) is 0 Å². The van der Waals surface area contributed by atoms with Gasteiger partial charge in [0.15, 0.2) is 0 Å². The molecule has 21 heavy (non-hydrogen) atoms. The van der Waals surface area contributed by atoms with Gasteiger partial charge in [-0.25, -0.2) is 4.98 Å². The molecule has 0 aromatic carbocycles. The number of amides is 1. The fraction of sp³-hybridized carbons (Fsp3) is 0.625. The first-order valence-electron chi connectivity index (χ1n) is 7.63. The maximum absolute atomic E-state index is 11.8. The SMILES string of the molecule is CC(C)(C)NC(=O)CCN1CCN(c2ccccn2)CC1. The normalized spacial score (nSPS) is 16.8. The van der Waals surface area contributed by atoms with E-state index in [4.69, 9.17) is 0 Å². The van der Waals surface area contributed by atoms with Crippen molar-refractivity contribution in [2.45, 2.75) is 32.7 Å². The number of hydrogen-bond acceptors (Lipinski definition) is 4. The molecule has 1 fully saturated rings. The molecule has 1 aromatic rings. The third-order valence-corrected chi connectivity index (χ3v) is 3.52. The highest BCUT2D eigenvalue weighted by Crippen LogP contribution is 2.12. The molecule has 5 heteroatoms. The summed E-state index contributed by atoms with van der Waals surface area (Å²) in [4.78, 5) is 20.9. The number of piperazine rings is 1. The molecule has 1 saturated heterocycles. The Kier molecular flexibility index (Phi) is 5.17. The summed E-state index contributed by atoms with van der Waals surface area (Å²) >= 11 is 0. The van der Waals surface area contributed by atoms with Crippen molar-refractivity contribution < 1.29 is 4.79 Å². The molecule has 0 bridgehead atoms. The van der Waals surface area contributed by atoms with Crippen molar-refractivity contribution in [3.05, 3.63) is 24.4 Å². The van der Waals surface area contributed by atoms with E-state index in [2.05, 4.69) is 20.1 Å². The lowest BCUT2D eigenvalue weighted by molar-refractivity contribution is -0.122. The summed E-state index contributed by atoms with van der Waals surface area (Å²) in [5, 5.41) is 3.01. The summed E-state index contributed by atoms with van der Waals surface area (Å²) in [5.41, 5.74) is -0.144. The van der Waals surface area contributed by atoms with E-state index in [0.717, 1.165) is 38.5 Å². The van der Waals surface area contributed by atoms with Gasteiger partial charge in [0.2, 0.25) is 5.91 Å². The number of nitrogens with zero attached hydrogens (tertiary/aromatic N) is 3. The minimum absolute atomic E-state index is 0.134. The van der Waals surface area contributed by atoms with Gasteiger partial charge in [0.05, 0.1) is 0 Å². The smallest absolute Gasteiger partial charge is 0.221 e. The minimum Gasteiger partial charge on any atom is -0.354 e. The molecule has 0 radical (unpaired) electrons. The Morgan fingerprint density at radius 3 is 2.52 bits per heavy atom. The molecule has 1 amide bonds. The lowest BCUT2D eigenvalue weighted by atomic mass is 10.1. The largest absolute Gasteiger partial charge is 0.354 e. The van der Waals surface area contributed by atoms with Gasteiger partial charge in [-0.05, 0) is 32.9 Å². The molecule has 1 aliphatic rings. The number of rotatable bonds is 4. The van der Waals surface area contributed by atoms with Crippen molar-refractivity contribution in [2.24, 2.45) is 0 Å². The van der Waals surface area contributed by atoms with Crippen LogP contribution in [0.5, 0.6) is 0 Å². The first-order chi connectivity index (χ1) is 9.94. The molecule has 0 unspecified atom stereocenters. The lowest BCUT2D eigenvalue weighted by Crippen LogP contribution is -2.48. The zero-order valence-electron chi connectivity index (χ0n) is 13.3. The second kappa shape index (κ2) is 6.89. The summed E-state index contributed by atoms with van der Waals surface area (Å²) in [6, 6.07) is 6.01. The minimum atomic E-state index is -0.144. The average molecular weight is 290 g/mol. The second-order valence-electron chi connectivity index (χ2n) is 6.56. The van der Waals surface area contributed by atoms with Crippen LogP contribution in [0.3, 0.4) is 0 Å². The summed E-state index contributed by atoms with van der Waals surface area (Å²) < 4.78 is 0. The monoisotopic (exact) mass is 290 g/mol. The molecule has 1 aromatic heterocycles. The van der Waals surface area contributed by atoms with Crippen LogP contribution in [0.4, 0.5) is 5.82 Å². The number of carbonyl (C=O) groups is 1. The van der Waals surface area contributed by atoms with Gasteiger partial charge < -0.3 is 10.2 Å². The quantitative estimate of drug-likeness (QED) is 0.913. The van der Waals surface area contributed by atoms with Gasteiger partial charge in [0.1, 0.15) is 5.82 Å². The topological polar surface area (TPSA) is 48.5 Å². The van der Waals surface area contributed by atoms with Crippen molar-refractivity contribution >= 4 is 11.7 Å². The maximum atomic E-state index is 11.8. The predicted molar refractivity (Wildman–Crippen MR) is 85.4 cm³/mol. The number of carbonyl (C=O) groups excluding carboxylic acids is 1. The molecule has 116 valence electrons. The van der Waals surface area contributed by atoms with Gasteiger partial charge in [-0.3, -0.25) is 9.69 Å². The van der Waals surface area contributed by atoms with Crippen LogP contribution in [0.25, 0.3) is 0 Å². The molecule has 0 atom stereocenters. The zero-order chi connectivity index (χ0) is 15.3. The fourth-order valence-electron chi connectivity index (χ4n) is 2.48. The van der Waals surface area contributed by atoms with Gasteiger partial charge in [0, 0.05) is 50.9 Å². The van der Waals surface area contributed by atoms with Gasteiger partial charge >= 0.3 is 0 Å². The van der Waals surface area contributed by atoms with Crippen LogP contribution < -0.4 is 10.2 Å². The molecule has 0 spiro atoms. The fourth-order valence-corrected chi connectivity index (χ4v) is 2.48. The molecule has 2 rings (SSSR count). The molecule has 2 heterocycles. The number of hydrogen-bond donors (Lipinski definition) is 1. The zero-order valence-corrected chi connectivity index (χ0v) is 13.3. The molecule has 0 aliphatic carbocycles. The van der Waals surface area contributed by atoms with Crippen LogP contribution in [0.2, 0.25) is 0 Å². The van der Waals surface area contributed by atoms with E-state index >= 15 is 0 Å². The van der Waals surface area contributed by atoms with Crippen molar-refractivity contribution in [1.82, 2.24) is 15.2 Å². The number of anilines is 1. The van der Waals surface area contributed by atoms with Crippen LogP contribution in [-0.2, 0) is 4.79 Å². The van der Waals surface area contributed by atoms with E-state index in [1.807, 2.05) is 45.2 Å². The lowest BCUT2D eigenvalue weighted by Gasteiger charge is -2.35. The van der Waals surface area contributed by atoms with Crippen LogP contribution in [-0.4, -0.2) is 54.1 Å². The molecular weight excluding hydrogens is 264 g/mol. The summed E-state index contributed by atoms with van der Waals surface area (Å²) in [7, 11) is 0. The standard InChI is InChI=1S/C16H26N4O/c1-16(2,3)18-15(21)7-9-19-10-12-20(13-11-19)14-6-4-5-8-17-14/h4-6,8H,7,9-13H2,1-3H3,(H,18,21). The van der Waals surface area contributed by atoms with E-state index in [0.29, 0.717) is 6.42 Å². The maximum Gasteiger partial charge on any atom is 0.221 e. The molecule has 1 N–H and O–H groups in total. The van der Waals surface area contributed by atoms with Crippen molar-refractivity contribution in [1.29, 1.82) is 0 Å². The summed E-state index contributed by atoms with van der Waals surface area (Å²) in [5.74, 6) is 1.18. The van der Waals surface area contributed by atoms with E-state index < -0.39 is 0 Å². The first-order valence-corrected chi connectivity index (χ1v) is 7.63.